The van der Waals surface area contributed by atoms with Crippen LogP contribution in [0.25, 0.3) is 0 Å². The first-order chi connectivity index (χ1) is 28.8. The number of aliphatic carboxylic acids is 1. The molecule has 11 atom stereocenters. The third-order valence-corrected chi connectivity index (χ3v) is 11.4. The highest BCUT2D eigenvalue weighted by Gasteiger charge is 2.51. The van der Waals surface area contributed by atoms with Gasteiger partial charge in [-0.2, -0.15) is 0 Å². The second-order valence-corrected chi connectivity index (χ2v) is 15.3. The number of ketones is 3. The van der Waals surface area contributed by atoms with Crippen molar-refractivity contribution in [3.8, 4) is 23.0 Å². The number of nitrogens with one attached hydrogen (secondary N) is 1. The van der Waals surface area contributed by atoms with Gasteiger partial charge in [0, 0.05) is 36.0 Å². The van der Waals surface area contributed by atoms with Crippen molar-refractivity contribution < 1.29 is 93.2 Å². The van der Waals surface area contributed by atoms with Gasteiger partial charge in [0.25, 0.3) is 0 Å². The van der Waals surface area contributed by atoms with E-state index in [2.05, 4.69) is 5.32 Å². The summed E-state index contributed by atoms with van der Waals surface area (Å²) in [6, 6.07) is 8.96. The zero-order valence-corrected chi connectivity index (χ0v) is 32.7. The zero-order chi connectivity index (χ0) is 44.2. The number of methoxy groups -OCH3 is 1. The number of carboxylic acid groups (broad SMARTS) is 1. The molecule has 2 aliphatic heterocycles. The Balaban J connectivity index is 1.05. The van der Waals surface area contributed by atoms with Gasteiger partial charge in [-0.25, -0.2) is 9.59 Å². The van der Waals surface area contributed by atoms with E-state index in [1.807, 2.05) is 0 Å². The van der Waals surface area contributed by atoms with Crippen molar-refractivity contribution in [1.29, 1.82) is 0 Å². The van der Waals surface area contributed by atoms with E-state index in [4.69, 9.17) is 28.4 Å². The summed E-state index contributed by atoms with van der Waals surface area (Å²) in [6.07, 6.45) is -16.3. The first kappa shape index (κ1) is 43.4. The number of hydrogen-bond donors (Lipinski definition) is 9. The number of alkyl carbamates (subject to hydrolysis) is 1. The number of aliphatic hydroxyl groups is 5. The predicted octanol–water partition coefficient (Wildman–Crippen LogP) is 0.268. The number of phenolic OH excluding ortho intramolecular Hbond substituents is 2. The molecule has 20 nitrogen and oxygen atoms in total. The summed E-state index contributed by atoms with van der Waals surface area (Å²) < 4.78 is 33.4. The summed E-state index contributed by atoms with van der Waals surface area (Å²) in [5.74, 6) is -5.24. The molecular formula is C41H43NO19. The Morgan fingerprint density at radius 2 is 1.57 bits per heavy atom. The van der Waals surface area contributed by atoms with Crippen molar-refractivity contribution in [2.45, 2.75) is 107 Å². The number of carbonyl (C=O) groups excluding carboxylic acids is 4. The second kappa shape index (κ2) is 16.6. The standard InChI is InChI=1S/C41H43NO19/c1-15-29(44)21(42-40(54)57-14-17-7-9-18(10-8-17)59-39-36(51)34(49)35(50)37(61-39)38(52)53)11-24(58-15)60-23-13-41(55,16(2)43)12-20-26(23)33(48)28-27(31(20)46)30(45)19-5-4-6-22(56-3)25(19)32(28)47/h4-10,15,21,23-24,29,34-37,39,44,46,48-51,55H,11-14H2,1-3H3,(H,42,54)(H,52,53)/t15-,21+,23-,24-,29+,34-,35-,36-,37+,39+,41-/m0/s1. The van der Waals surface area contributed by atoms with Gasteiger partial charge < -0.3 is 74.6 Å². The fraction of sp³-hybridized carbons (Fsp3) is 0.439. The first-order valence-corrected chi connectivity index (χ1v) is 19.1. The van der Waals surface area contributed by atoms with E-state index in [9.17, 15) is 64.8 Å². The Labute approximate surface area is 345 Å². The smallest absolute Gasteiger partial charge is 0.407 e. The third-order valence-electron chi connectivity index (χ3n) is 11.4. The van der Waals surface area contributed by atoms with E-state index in [0.717, 1.165) is 6.92 Å². The molecule has 2 saturated heterocycles. The summed E-state index contributed by atoms with van der Waals surface area (Å²) in [7, 11) is 1.30. The van der Waals surface area contributed by atoms with Crippen molar-refractivity contribution in [2.75, 3.05) is 7.11 Å². The van der Waals surface area contributed by atoms with Gasteiger partial charge in [0.1, 0.15) is 59.6 Å². The SMILES string of the molecule is COc1cccc2c1C(=O)c1c(O)c3c(c(O)c1C2=O)C[C@@](O)(C(C)=O)C[C@@H]3O[C@H]1C[C@@H](NC(=O)OCc2ccc(O[C@@H]3O[C@@H](C(=O)O)[C@@H](O)[C@H](O)[C@@H]3O)cc2)[C@H](O)[C@H](C)O1. The number of ether oxygens (including phenoxy) is 6. The monoisotopic (exact) mass is 853 g/mol. The highest BCUT2D eigenvalue weighted by molar-refractivity contribution is 6.31. The fourth-order valence-electron chi connectivity index (χ4n) is 8.06. The maximum Gasteiger partial charge on any atom is 0.407 e. The van der Waals surface area contributed by atoms with E-state index >= 15 is 0 Å². The third kappa shape index (κ3) is 7.88. The number of benzene rings is 3. The minimum absolute atomic E-state index is 0.0511. The minimum atomic E-state index is -2.16. The van der Waals surface area contributed by atoms with Crippen molar-refractivity contribution in [3.05, 3.63) is 81.4 Å². The van der Waals surface area contributed by atoms with Crippen LogP contribution < -0.4 is 14.8 Å². The number of hydrogen-bond acceptors (Lipinski definition) is 18. The number of carboxylic acids is 1. The lowest BCUT2D eigenvalue weighted by Gasteiger charge is -2.42. The van der Waals surface area contributed by atoms with Crippen LogP contribution in [0, 0.1) is 0 Å². The largest absolute Gasteiger partial charge is 0.507 e. The topological polar surface area (TPSA) is 315 Å². The van der Waals surface area contributed by atoms with Gasteiger partial charge in [-0.05, 0) is 37.6 Å². The van der Waals surface area contributed by atoms with E-state index in [1.54, 1.807) is 0 Å². The van der Waals surface area contributed by atoms with Crippen LogP contribution >= 0.6 is 0 Å². The molecule has 4 aliphatic rings. The summed E-state index contributed by atoms with van der Waals surface area (Å²) in [6.45, 7) is 2.32. The molecule has 0 bridgehead atoms. The van der Waals surface area contributed by atoms with Crippen LogP contribution in [0.1, 0.15) is 81.3 Å². The summed E-state index contributed by atoms with van der Waals surface area (Å²) in [4.78, 5) is 64.9. The summed E-state index contributed by atoms with van der Waals surface area (Å²) in [5, 5.41) is 87.8. The lowest BCUT2D eigenvalue weighted by molar-refractivity contribution is -0.271. The van der Waals surface area contributed by atoms with Crippen molar-refractivity contribution in [3.63, 3.8) is 0 Å². The van der Waals surface area contributed by atoms with Gasteiger partial charge in [0.15, 0.2) is 24.0 Å². The molecule has 2 fully saturated rings. The van der Waals surface area contributed by atoms with Gasteiger partial charge in [0.2, 0.25) is 12.1 Å². The quantitative estimate of drug-likeness (QED) is 0.0967. The Hall–Kier alpha value is -5.71. The molecule has 3 aromatic rings. The molecule has 7 rings (SSSR count). The minimum Gasteiger partial charge on any atom is -0.507 e. The zero-order valence-electron chi connectivity index (χ0n) is 32.7. The molecule has 326 valence electrons. The van der Waals surface area contributed by atoms with Crippen LogP contribution in [-0.2, 0) is 41.6 Å². The Kier molecular flexibility index (Phi) is 11.8. The van der Waals surface area contributed by atoms with Crippen LogP contribution in [0.3, 0.4) is 0 Å². The number of rotatable bonds is 10. The molecule has 0 saturated carbocycles. The van der Waals surface area contributed by atoms with Crippen LogP contribution in [0.2, 0.25) is 0 Å². The predicted molar refractivity (Wildman–Crippen MR) is 201 cm³/mol. The number of fused-ring (bicyclic) bond motifs is 3. The maximum absolute atomic E-state index is 13.9. The molecular weight excluding hydrogens is 810 g/mol. The van der Waals surface area contributed by atoms with E-state index < -0.39 is 132 Å². The highest BCUT2D eigenvalue weighted by atomic mass is 16.7. The van der Waals surface area contributed by atoms with E-state index in [0.29, 0.717) is 5.56 Å². The average Bonchev–Trinajstić information content (AvgIpc) is 3.22. The molecule has 61 heavy (non-hydrogen) atoms. The number of aromatic hydroxyl groups is 2. The average molecular weight is 854 g/mol. The molecule has 0 spiro atoms. The van der Waals surface area contributed by atoms with Gasteiger partial charge in [-0.15, -0.1) is 0 Å². The molecule has 0 radical (unpaired) electrons. The van der Waals surface area contributed by atoms with Gasteiger partial charge in [0.05, 0.1) is 42.0 Å². The van der Waals surface area contributed by atoms with Crippen LogP contribution in [0.15, 0.2) is 42.5 Å². The van der Waals surface area contributed by atoms with E-state index in [-0.39, 0.29) is 46.8 Å². The summed E-state index contributed by atoms with van der Waals surface area (Å²) in [5.41, 5.74) is -3.36. The first-order valence-electron chi connectivity index (χ1n) is 19.1. The Bertz CT molecular complexity index is 2260. The van der Waals surface area contributed by atoms with Crippen LogP contribution in [0.5, 0.6) is 23.0 Å². The van der Waals surface area contributed by atoms with Crippen LogP contribution in [-0.4, -0.2) is 138 Å². The normalized spacial score (nSPS) is 30.6. The molecule has 0 unspecified atom stereocenters. The fourth-order valence-corrected chi connectivity index (χ4v) is 8.06. The van der Waals surface area contributed by atoms with Crippen molar-refractivity contribution >= 4 is 29.4 Å². The maximum atomic E-state index is 13.9. The molecule has 9 N–H and O–H groups in total. The van der Waals surface area contributed by atoms with Crippen LogP contribution in [0.4, 0.5) is 4.79 Å². The van der Waals surface area contributed by atoms with E-state index in [1.165, 1.54) is 56.5 Å². The Morgan fingerprint density at radius 3 is 2.23 bits per heavy atom. The molecule has 2 aliphatic carbocycles. The second-order valence-electron chi connectivity index (χ2n) is 15.3. The lowest BCUT2D eigenvalue weighted by atomic mass is 9.72. The van der Waals surface area contributed by atoms with Crippen molar-refractivity contribution in [1.82, 2.24) is 5.32 Å². The van der Waals surface area contributed by atoms with Crippen molar-refractivity contribution in [2.24, 2.45) is 0 Å². The number of Topliss-reactive ketones (excluding diaryl/α,β-unsaturated/α-hetero) is 1. The number of phenols is 2. The molecule has 20 heteroatoms. The molecule has 1 amide bonds. The molecule has 0 aromatic heterocycles. The Morgan fingerprint density at radius 1 is 0.885 bits per heavy atom. The highest BCUT2D eigenvalue weighted by Crippen LogP contribution is 2.52. The van der Waals surface area contributed by atoms with Gasteiger partial charge in [-0.1, -0.05) is 24.3 Å². The van der Waals surface area contributed by atoms with Gasteiger partial charge in [-0.3, -0.25) is 14.4 Å². The number of carbonyl (C=O) groups is 5. The number of aliphatic hydroxyl groups excluding tert-OH is 4. The number of amides is 1. The molecule has 2 heterocycles. The lowest BCUT2D eigenvalue weighted by Crippen LogP contribution is -2.61. The van der Waals surface area contributed by atoms with Gasteiger partial charge >= 0.3 is 12.1 Å². The molecule has 3 aromatic carbocycles. The summed E-state index contributed by atoms with van der Waals surface area (Å²) >= 11 is 0.